The van der Waals surface area contributed by atoms with E-state index in [0.29, 0.717) is 29.4 Å². The third kappa shape index (κ3) is 11.5. The molecule has 6 aromatic rings. The summed E-state index contributed by atoms with van der Waals surface area (Å²) in [6.07, 6.45) is 10.2. The summed E-state index contributed by atoms with van der Waals surface area (Å²) in [6.45, 7) is 25.1. The Morgan fingerprint density at radius 2 is 0.940 bits per heavy atom. The molecule has 0 saturated heterocycles. The molecule has 0 radical (unpaired) electrons. The van der Waals surface area contributed by atoms with Crippen molar-refractivity contribution in [1.29, 1.82) is 0 Å². The van der Waals surface area contributed by atoms with Gasteiger partial charge >= 0.3 is 0 Å². The van der Waals surface area contributed by atoms with E-state index in [-0.39, 0.29) is 34.2 Å². The molecule has 6 aliphatic rings. The number of pyridine rings is 6. The highest BCUT2D eigenvalue weighted by Crippen LogP contribution is 2.42. The van der Waals surface area contributed by atoms with Crippen LogP contribution in [0.15, 0.2) is 120 Å². The molecule has 0 saturated carbocycles. The van der Waals surface area contributed by atoms with Crippen LogP contribution in [0, 0.1) is 0 Å². The van der Waals surface area contributed by atoms with E-state index in [1.54, 1.807) is 98.0 Å². The van der Waals surface area contributed by atoms with Crippen LogP contribution in [0.5, 0.6) is 0 Å². The van der Waals surface area contributed by atoms with Crippen LogP contribution in [0.25, 0.3) is 0 Å². The number of rotatable bonds is 0. The molecule has 6 aromatic heterocycles. The Hall–Kier alpha value is -6.76. The largest absolute Gasteiger partial charge is 0.341 e. The van der Waals surface area contributed by atoms with Gasteiger partial charge in [0.05, 0.1) is 72.2 Å². The number of carbonyl (C=O) groups is 3. The first-order chi connectivity index (χ1) is 38.4. The van der Waals surface area contributed by atoms with Crippen molar-refractivity contribution in [1.82, 2.24) is 57.5 Å². The van der Waals surface area contributed by atoms with Crippen molar-refractivity contribution in [3.8, 4) is 0 Å². The van der Waals surface area contributed by atoms with E-state index in [0.717, 1.165) is 56.5 Å². The zero-order chi connectivity index (χ0) is 61.8. The van der Waals surface area contributed by atoms with E-state index in [1.165, 1.54) is 8.61 Å². The van der Waals surface area contributed by atoms with E-state index >= 15 is 0 Å². The number of nitrogens with zero attached hydrogens (tertiary/aromatic N) is 12. The van der Waals surface area contributed by atoms with Gasteiger partial charge in [-0.2, -0.15) is 8.61 Å². The molecule has 20 nitrogen and oxygen atoms in total. The number of likely N-dealkylation sites (N-methyl/N-ethyl adjacent to an activating group) is 2. The van der Waals surface area contributed by atoms with Crippen molar-refractivity contribution in [2.45, 2.75) is 138 Å². The van der Waals surface area contributed by atoms with E-state index in [2.05, 4.69) is 43.8 Å². The fourth-order valence-electron chi connectivity index (χ4n) is 10.9. The number of hydrogen-bond acceptors (Lipinski definition) is 14. The first-order valence-electron chi connectivity index (χ1n) is 27.0. The molecule has 1 atom stereocenters. The number of fused-ring (bicyclic) bond motifs is 6. The minimum absolute atomic E-state index is 0.0424. The zero-order valence-electron chi connectivity index (χ0n) is 50.9. The van der Waals surface area contributed by atoms with Crippen LogP contribution in [0.2, 0.25) is 0 Å². The van der Waals surface area contributed by atoms with Gasteiger partial charge < -0.3 is 14.7 Å². The Labute approximate surface area is 492 Å². The molecule has 0 N–H and O–H groups in total. The maximum Gasteiger partial charge on any atom is 0.256 e. The number of carbonyl (C=O) groups excluding carboxylic acids is 3. The Morgan fingerprint density at radius 3 is 1.48 bits per heavy atom. The van der Waals surface area contributed by atoms with Gasteiger partial charge in [0.25, 0.3) is 11.8 Å². The first kappa shape index (κ1) is 63.8. The number of sulfonamides is 2. The van der Waals surface area contributed by atoms with Crippen LogP contribution in [-0.4, -0.2) is 145 Å². The van der Waals surface area contributed by atoms with E-state index in [4.69, 9.17) is 0 Å². The van der Waals surface area contributed by atoms with Crippen LogP contribution in [-0.2, 0) is 81.1 Å². The van der Waals surface area contributed by atoms with E-state index < -0.39 is 46.7 Å². The molecule has 12 heterocycles. The highest BCUT2D eigenvalue weighted by atomic mass is 32.2. The second kappa shape index (κ2) is 23.0. The summed E-state index contributed by atoms with van der Waals surface area (Å²) >= 11 is 0. The second-order valence-electron chi connectivity index (χ2n) is 24.4. The van der Waals surface area contributed by atoms with Gasteiger partial charge in [-0.15, -0.1) is 0 Å². The Balaban J connectivity index is 0.000000143. The van der Waals surface area contributed by atoms with Gasteiger partial charge in [-0.25, -0.2) is 25.3 Å². The lowest BCUT2D eigenvalue weighted by Crippen LogP contribution is -2.46. The van der Waals surface area contributed by atoms with E-state index in [9.17, 15) is 35.4 Å². The normalized spacial score (nSPS) is 21.7. The van der Waals surface area contributed by atoms with Crippen LogP contribution < -0.4 is 0 Å². The lowest BCUT2D eigenvalue weighted by atomic mass is 9.81. The molecular weight excluding hydrogens is 1110 g/mol. The van der Waals surface area contributed by atoms with Gasteiger partial charge in [-0.05, 0) is 141 Å². The third-order valence-electron chi connectivity index (χ3n) is 16.5. The van der Waals surface area contributed by atoms with Crippen molar-refractivity contribution in [3.05, 3.63) is 166 Å². The molecule has 3 amide bonds. The fourth-order valence-corrected chi connectivity index (χ4v) is 15.6. The zero-order valence-corrected chi connectivity index (χ0v) is 53.3. The van der Waals surface area contributed by atoms with E-state index in [1.807, 2.05) is 142 Å². The van der Waals surface area contributed by atoms with Crippen LogP contribution in [0.4, 0.5) is 0 Å². The van der Waals surface area contributed by atoms with Crippen LogP contribution in [0.3, 0.4) is 0 Å². The molecule has 12 rings (SSSR count). The van der Waals surface area contributed by atoms with Gasteiger partial charge in [0, 0.05) is 105 Å². The molecule has 0 spiro atoms. The smallest absolute Gasteiger partial charge is 0.256 e. The predicted molar refractivity (Wildman–Crippen MR) is 319 cm³/mol. The number of amides is 3. The van der Waals surface area contributed by atoms with Gasteiger partial charge in [-0.1, -0.05) is 26.0 Å². The third-order valence-corrected chi connectivity index (χ3v) is 22.6. The van der Waals surface area contributed by atoms with Crippen molar-refractivity contribution >= 4 is 48.8 Å². The summed E-state index contributed by atoms with van der Waals surface area (Å²) in [6, 6.07) is 21.9. The maximum atomic E-state index is 12.1. The minimum atomic E-state index is -3.32. The summed E-state index contributed by atoms with van der Waals surface area (Å²) < 4.78 is 63.4. The van der Waals surface area contributed by atoms with Crippen LogP contribution in [0.1, 0.15) is 149 Å². The molecule has 0 aromatic carbocycles. The Morgan fingerprint density at radius 1 is 0.482 bits per heavy atom. The molecule has 0 fully saturated rings. The van der Waals surface area contributed by atoms with Gasteiger partial charge in [0.2, 0.25) is 26.0 Å². The summed E-state index contributed by atoms with van der Waals surface area (Å²) in [5.74, 6) is 0.282. The molecular formula is C60H78N12O8S3. The van der Waals surface area contributed by atoms with Crippen LogP contribution >= 0.6 is 0 Å². The monoisotopic (exact) mass is 1190 g/mol. The molecule has 0 aliphatic carbocycles. The summed E-state index contributed by atoms with van der Waals surface area (Å²) in [5, 5.41) is 0. The molecule has 23 heteroatoms. The average Bonchev–Trinajstić information content (AvgIpc) is 4.05. The summed E-state index contributed by atoms with van der Waals surface area (Å²) in [4.78, 5) is 67.3. The lowest BCUT2D eigenvalue weighted by Gasteiger charge is -2.36. The Bertz CT molecular complexity index is 3660. The quantitative estimate of drug-likeness (QED) is 0.143. The molecule has 0 bridgehead atoms. The van der Waals surface area contributed by atoms with Gasteiger partial charge in [0.15, 0.2) is 0 Å². The van der Waals surface area contributed by atoms with Gasteiger partial charge in [-0.3, -0.25) is 44.3 Å². The molecule has 444 valence electrons. The molecule has 1 unspecified atom stereocenters. The van der Waals surface area contributed by atoms with Crippen molar-refractivity contribution in [3.63, 3.8) is 0 Å². The standard InChI is InChI=1S/2C11H14N2O.C10H14N2O2S.C10H12N2O.C9H12N2O2S.C9H12N2OS/c1-11(2)7-13(3)10(14)8-5-4-6-12-9(8)11;1-11(2)9-8(5-4-6-12-9)7-13(3)10(11)14;1-10(2)9-8(5-4-6-11-9)7-12(3)15(10,13)14;1-10(2)8-7(5-4-6-11-8)9(13)12(10)3;1-9(2)8-7(5-4-6-10-8)14(12,13)11(9)3;1-9(2)8-7(5-4-6-10-8)13(12)11(9)3/h2*4-6H,7H2,1-3H3;4-6H,7H2,1-3H3;4-6H,1-3H3;4-6H,1-3H3;4-6H,1-3H3. The SMILES string of the molecule is CN1C(=O)c2cccnc2C1(C)C.CN1C(C)(C)c2ncccc2S1(=O)=O.CN1CC(C)(C)c2ncccc2C1=O.CN1Cc2cccnc2C(C)(C)C1=O.CN1Cc2cccnc2C(C)(C)S1(=O)=O.CN1S(=O)c2cccnc2C1(C)C. The topological polar surface area (TPSA) is 233 Å². The van der Waals surface area contributed by atoms with Crippen molar-refractivity contribution in [2.75, 3.05) is 48.8 Å². The highest BCUT2D eigenvalue weighted by Gasteiger charge is 2.48. The van der Waals surface area contributed by atoms with Crippen molar-refractivity contribution < 1.29 is 35.4 Å². The number of aromatic nitrogens is 6. The summed E-state index contributed by atoms with van der Waals surface area (Å²) in [5.41, 5.74) is 6.99. The average molecular weight is 1190 g/mol. The van der Waals surface area contributed by atoms with Crippen molar-refractivity contribution in [2.24, 2.45) is 0 Å². The molecule has 6 aliphatic heterocycles. The first-order valence-corrected chi connectivity index (χ1v) is 31.0. The fraction of sp³-hybridized carbons (Fsp3) is 0.450. The Kier molecular flexibility index (Phi) is 17.7. The number of hydrogen-bond donors (Lipinski definition) is 0. The van der Waals surface area contributed by atoms with Gasteiger partial charge in [0.1, 0.15) is 20.6 Å². The minimum Gasteiger partial charge on any atom is -0.341 e. The second-order valence-corrected chi connectivity index (χ2v) is 30.4. The highest BCUT2D eigenvalue weighted by molar-refractivity contribution is 7.90. The lowest BCUT2D eigenvalue weighted by molar-refractivity contribution is -0.136. The summed E-state index contributed by atoms with van der Waals surface area (Å²) in [7, 11) is 2.88. The maximum absolute atomic E-state index is 12.1. The molecule has 83 heavy (non-hydrogen) atoms. The predicted octanol–water partition coefficient (Wildman–Crippen LogP) is 7.51.